The minimum absolute atomic E-state index is 0.0121. The van der Waals surface area contributed by atoms with Crippen LogP contribution in [0.5, 0.6) is 0 Å². The van der Waals surface area contributed by atoms with E-state index in [1.165, 1.54) is 11.3 Å². The van der Waals surface area contributed by atoms with E-state index in [0.29, 0.717) is 31.1 Å². The lowest BCUT2D eigenvalue weighted by Gasteiger charge is -2.31. The Labute approximate surface area is 174 Å². The normalized spacial score (nSPS) is 14.6. The van der Waals surface area contributed by atoms with E-state index in [4.69, 9.17) is 0 Å². The molecule has 3 aromatic rings. The number of likely N-dealkylation sites (tertiary alicyclic amines) is 1. The van der Waals surface area contributed by atoms with Gasteiger partial charge in [-0.3, -0.25) is 9.59 Å². The fraction of sp³-hybridized carbons (Fsp3) is 0.261. The van der Waals surface area contributed by atoms with Crippen molar-refractivity contribution >= 4 is 28.3 Å². The Morgan fingerprint density at radius 2 is 1.72 bits per heavy atom. The second-order valence-corrected chi connectivity index (χ2v) is 8.13. The summed E-state index contributed by atoms with van der Waals surface area (Å²) in [6, 6.07) is 17.5. The summed E-state index contributed by atoms with van der Waals surface area (Å²) in [6.07, 6.45) is 1.33. The number of nitrogens with zero attached hydrogens (tertiary/aromatic N) is 2. The zero-order valence-electron chi connectivity index (χ0n) is 16.3. The fourth-order valence-corrected chi connectivity index (χ4v) is 4.33. The van der Waals surface area contributed by atoms with E-state index < -0.39 is 0 Å². The van der Waals surface area contributed by atoms with E-state index in [1.54, 1.807) is 0 Å². The second kappa shape index (κ2) is 8.57. The largest absolute Gasteiger partial charge is 0.339 e. The summed E-state index contributed by atoms with van der Waals surface area (Å²) < 4.78 is 0. The van der Waals surface area contributed by atoms with Gasteiger partial charge in [0.1, 0.15) is 0 Å². The van der Waals surface area contributed by atoms with Crippen LogP contribution in [0.4, 0.5) is 5.13 Å². The van der Waals surface area contributed by atoms with Crippen LogP contribution in [0, 0.1) is 12.8 Å². The van der Waals surface area contributed by atoms with Gasteiger partial charge in [-0.15, -0.1) is 11.3 Å². The molecule has 0 bridgehead atoms. The summed E-state index contributed by atoms with van der Waals surface area (Å²) in [5, 5.41) is 5.52. The number of aryl methyl sites for hydroxylation is 1. The molecule has 1 saturated heterocycles. The first-order valence-corrected chi connectivity index (χ1v) is 10.7. The van der Waals surface area contributed by atoms with Gasteiger partial charge < -0.3 is 10.2 Å². The Morgan fingerprint density at radius 3 is 2.45 bits per heavy atom. The van der Waals surface area contributed by atoms with Crippen molar-refractivity contribution in [3.8, 4) is 11.3 Å². The molecule has 5 nitrogen and oxygen atoms in total. The number of benzene rings is 2. The lowest BCUT2D eigenvalue weighted by atomic mass is 9.95. The van der Waals surface area contributed by atoms with E-state index in [9.17, 15) is 9.59 Å². The van der Waals surface area contributed by atoms with E-state index in [0.717, 1.165) is 22.4 Å². The zero-order chi connectivity index (χ0) is 20.2. The van der Waals surface area contributed by atoms with Gasteiger partial charge >= 0.3 is 0 Å². The lowest BCUT2D eigenvalue weighted by Crippen LogP contribution is -2.41. The Morgan fingerprint density at radius 1 is 1.03 bits per heavy atom. The van der Waals surface area contributed by atoms with Gasteiger partial charge in [0.05, 0.1) is 5.69 Å². The highest BCUT2D eigenvalue weighted by Crippen LogP contribution is 2.26. The molecule has 2 heterocycles. The average Bonchev–Trinajstić information content (AvgIpc) is 3.23. The molecule has 4 rings (SSSR count). The Hall–Kier alpha value is -2.99. The molecule has 29 heavy (non-hydrogen) atoms. The predicted octanol–water partition coefficient (Wildman–Crippen LogP) is 4.61. The van der Waals surface area contributed by atoms with Crippen LogP contribution < -0.4 is 5.32 Å². The van der Waals surface area contributed by atoms with Crippen LogP contribution in [0.1, 0.15) is 28.8 Å². The molecule has 2 aromatic carbocycles. The quantitative estimate of drug-likeness (QED) is 0.689. The van der Waals surface area contributed by atoms with Crippen LogP contribution >= 0.6 is 11.3 Å². The van der Waals surface area contributed by atoms with E-state index in [1.807, 2.05) is 71.8 Å². The van der Waals surface area contributed by atoms with Crippen LogP contribution in [0.2, 0.25) is 0 Å². The third kappa shape index (κ3) is 4.38. The molecule has 1 N–H and O–H groups in total. The van der Waals surface area contributed by atoms with Crippen molar-refractivity contribution in [1.82, 2.24) is 9.88 Å². The minimum atomic E-state index is -0.0972. The number of anilines is 1. The first kappa shape index (κ1) is 19.3. The zero-order valence-corrected chi connectivity index (χ0v) is 17.1. The molecular weight excluding hydrogens is 382 g/mol. The summed E-state index contributed by atoms with van der Waals surface area (Å²) >= 11 is 1.43. The Balaban J connectivity index is 1.33. The molecule has 0 radical (unpaired) electrons. The van der Waals surface area contributed by atoms with E-state index in [2.05, 4.69) is 10.3 Å². The number of thiazole rings is 1. The van der Waals surface area contributed by atoms with Gasteiger partial charge in [0.2, 0.25) is 5.91 Å². The molecule has 1 fully saturated rings. The SMILES string of the molecule is Cc1ccccc1C(=O)N1CCC(C(=O)Nc2nc(-c3ccccc3)cs2)CC1. The van der Waals surface area contributed by atoms with Crippen LogP contribution in [0.15, 0.2) is 60.0 Å². The van der Waals surface area contributed by atoms with Crippen molar-refractivity contribution in [2.45, 2.75) is 19.8 Å². The number of hydrogen-bond donors (Lipinski definition) is 1. The highest BCUT2D eigenvalue weighted by Gasteiger charge is 2.28. The number of nitrogens with one attached hydrogen (secondary N) is 1. The molecule has 0 unspecified atom stereocenters. The summed E-state index contributed by atoms with van der Waals surface area (Å²) in [5.74, 6) is -0.0590. The molecule has 148 valence electrons. The van der Waals surface area contributed by atoms with Gasteiger partial charge in [0, 0.05) is 35.5 Å². The lowest BCUT2D eigenvalue weighted by molar-refractivity contribution is -0.121. The Bertz CT molecular complexity index is 1010. The van der Waals surface area contributed by atoms with Gasteiger partial charge in [-0.25, -0.2) is 4.98 Å². The molecule has 1 aliphatic heterocycles. The van der Waals surface area contributed by atoms with Crippen molar-refractivity contribution in [2.75, 3.05) is 18.4 Å². The number of carbonyl (C=O) groups is 2. The molecule has 0 spiro atoms. The van der Waals surface area contributed by atoms with Crippen molar-refractivity contribution in [2.24, 2.45) is 5.92 Å². The van der Waals surface area contributed by atoms with Gasteiger partial charge in [0.15, 0.2) is 5.13 Å². The molecule has 0 saturated carbocycles. The summed E-state index contributed by atoms with van der Waals surface area (Å²) in [5.41, 5.74) is 3.62. The first-order valence-electron chi connectivity index (χ1n) is 9.78. The van der Waals surface area contributed by atoms with Gasteiger partial charge in [-0.1, -0.05) is 48.5 Å². The number of rotatable bonds is 4. The van der Waals surface area contributed by atoms with Crippen molar-refractivity contribution in [3.05, 3.63) is 71.1 Å². The van der Waals surface area contributed by atoms with Crippen LogP contribution in [-0.4, -0.2) is 34.8 Å². The van der Waals surface area contributed by atoms with Crippen LogP contribution in [-0.2, 0) is 4.79 Å². The number of carbonyl (C=O) groups excluding carboxylic acids is 2. The number of aromatic nitrogens is 1. The molecular formula is C23H23N3O2S. The number of piperidine rings is 1. The summed E-state index contributed by atoms with van der Waals surface area (Å²) in [6.45, 7) is 3.14. The van der Waals surface area contributed by atoms with Gasteiger partial charge in [-0.2, -0.15) is 0 Å². The van der Waals surface area contributed by atoms with Crippen LogP contribution in [0.3, 0.4) is 0 Å². The Kier molecular flexibility index (Phi) is 5.71. The van der Waals surface area contributed by atoms with Crippen LogP contribution in [0.25, 0.3) is 11.3 Å². The van der Waals surface area contributed by atoms with Gasteiger partial charge in [-0.05, 0) is 31.4 Å². The second-order valence-electron chi connectivity index (χ2n) is 7.27. The number of amides is 2. The maximum Gasteiger partial charge on any atom is 0.254 e. The third-order valence-corrected chi connectivity index (χ3v) is 6.09. The molecule has 1 aromatic heterocycles. The topological polar surface area (TPSA) is 62.3 Å². The van der Waals surface area contributed by atoms with Crippen molar-refractivity contribution in [1.29, 1.82) is 0 Å². The van der Waals surface area contributed by atoms with Crippen molar-refractivity contribution < 1.29 is 9.59 Å². The van der Waals surface area contributed by atoms with Gasteiger partial charge in [0.25, 0.3) is 5.91 Å². The average molecular weight is 406 g/mol. The first-order chi connectivity index (χ1) is 14.1. The monoisotopic (exact) mass is 405 g/mol. The fourth-order valence-electron chi connectivity index (χ4n) is 3.61. The molecule has 6 heteroatoms. The maximum absolute atomic E-state index is 12.7. The number of hydrogen-bond acceptors (Lipinski definition) is 4. The highest BCUT2D eigenvalue weighted by atomic mass is 32.1. The molecule has 1 aliphatic rings. The minimum Gasteiger partial charge on any atom is -0.339 e. The molecule has 0 aliphatic carbocycles. The highest BCUT2D eigenvalue weighted by molar-refractivity contribution is 7.14. The van der Waals surface area contributed by atoms with E-state index >= 15 is 0 Å². The molecule has 0 atom stereocenters. The summed E-state index contributed by atoms with van der Waals surface area (Å²) in [4.78, 5) is 31.8. The smallest absolute Gasteiger partial charge is 0.254 e. The molecule has 2 amide bonds. The predicted molar refractivity (Wildman–Crippen MR) is 116 cm³/mol. The standard InChI is InChI=1S/C23H23N3O2S/c1-16-7-5-6-10-19(16)22(28)26-13-11-18(12-14-26)21(27)25-23-24-20(15-29-23)17-8-3-2-4-9-17/h2-10,15,18H,11-14H2,1H3,(H,24,25,27). The summed E-state index contributed by atoms with van der Waals surface area (Å²) in [7, 11) is 0. The maximum atomic E-state index is 12.7. The van der Waals surface area contributed by atoms with Crippen molar-refractivity contribution in [3.63, 3.8) is 0 Å². The third-order valence-electron chi connectivity index (χ3n) is 5.33. The van der Waals surface area contributed by atoms with E-state index in [-0.39, 0.29) is 17.7 Å².